The Morgan fingerprint density at radius 2 is 1.86 bits per heavy atom. The molecule has 1 aromatic carbocycles. The van der Waals surface area contributed by atoms with E-state index in [4.69, 9.17) is 5.11 Å². The van der Waals surface area contributed by atoms with E-state index in [1.54, 1.807) is 0 Å². The van der Waals surface area contributed by atoms with Crippen molar-refractivity contribution in [1.82, 2.24) is 15.3 Å². The predicted molar refractivity (Wildman–Crippen MR) is 108 cm³/mol. The van der Waals surface area contributed by atoms with Crippen molar-refractivity contribution in [3.05, 3.63) is 60.1 Å². The van der Waals surface area contributed by atoms with E-state index in [-0.39, 0.29) is 5.91 Å². The van der Waals surface area contributed by atoms with E-state index in [1.807, 2.05) is 30.3 Å². The van der Waals surface area contributed by atoms with Gasteiger partial charge in [-0.1, -0.05) is 44.2 Å². The van der Waals surface area contributed by atoms with Crippen molar-refractivity contribution >= 4 is 23.8 Å². The molecular weight excluding hydrogens is 356 g/mol. The van der Waals surface area contributed by atoms with E-state index >= 15 is 0 Å². The molecule has 3 N–H and O–H groups in total. The van der Waals surface area contributed by atoms with Crippen LogP contribution in [-0.4, -0.2) is 33.0 Å². The Morgan fingerprint density at radius 3 is 2.46 bits per heavy atom. The van der Waals surface area contributed by atoms with E-state index in [0.29, 0.717) is 30.4 Å². The molecule has 0 radical (unpaired) electrons. The molecule has 0 aliphatic carbocycles. The number of carbonyl (C=O) groups is 2. The molecule has 1 atom stereocenters. The Bertz CT molecular complexity index is 789. The molecule has 2 aromatic rings. The topological polar surface area (TPSA) is 104 Å². The Kier molecular flexibility index (Phi) is 8.14. The van der Waals surface area contributed by atoms with E-state index in [2.05, 4.69) is 34.4 Å². The number of carboxylic acid groups (broad SMARTS) is 1. The highest BCUT2D eigenvalue weighted by molar-refractivity contribution is 5.85. The third kappa shape index (κ3) is 7.57. The highest BCUT2D eigenvalue weighted by atomic mass is 16.4. The molecule has 1 heterocycles. The van der Waals surface area contributed by atoms with Gasteiger partial charge in [-0.05, 0) is 30.4 Å². The zero-order chi connectivity index (χ0) is 20.4. The number of carboxylic acids is 1. The fourth-order valence-corrected chi connectivity index (χ4v) is 2.51. The van der Waals surface area contributed by atoms with Crippen LogP contribution in [0.5, 0.6) is 0 Å². The molecule has 0 aliphatic heterocycles. The van der Waals surface area contributed by atoms with Crippen molar-refractivity contribution in [2.24, 2.45) is 5.92 Å². The van der Waals surface area contributed by atoms with Crippen molar-refractivity contribution in [1.29, 1.82) is 0 Å². The van der Waals surface area contributed by atoms with Crippen LogP contribution >= 0.6 is 0 Å². The zero-order valence-electron chi connectivity index (χ0n) is 16.1. The van der Waals surface area contributed by atoms with Crippen LogP contribution in [0.2, 0.25) is 0 Å². The predicted octanol–water partition coefficient (Wildman–Crippen LogP) is 3.11. The summed E-state index contributed by atoms with van der Waals surface area (Å²) in [7, 11) is 0. The molecule has 0 spiro atoms. The highest BCUT2D eigenvalue weighted by Crippen LogP contribution is 2.12. The van der Waals surface area contributed by atoms with Gasteiger partial charge in [-0.25, -0.2) is 9.78 Å². The average molecular weight is 382 g/mol. The summed E-state index contributed by atoms with van der Waals surface area (Å²) in [5, 5.41) is 14.8. The van der Waals surface area contributed by atoms with Crippen LogP contribution < -0.4 is 10.6 Å². The summed E-state index contributed by atoms with van der Waals surface area (Å²) < 4.78 is 0. The molecule has 148 valence electrons. The van der Waals surface area contributed by atoms with Crippen LogP contribution in [-0.2, 0) is 16.1 Å². The first kappa shape index (κ1) is 21.1. The van der Waals surface area contributed by atoms with Crippen molar-refractivity contribution < 1.29 is 14.7 Å². The molecule has 2 rings (SSSR count). The van der Waals surface area contributed by atoms with Crippen molar-refractivity contribution in [2.45, 2.75) is 39.3 Å². The summed E-state index contributed by atoms with van der Waals surface area (Å²) in [5.74, 6) is -0.203. The van der Waals surface area contributed by atoms with Crippen LogP contribution in [0, 0.1) is 5.92 Å². The summed E-state index contributed by atoms with van der Waals surface area (Å²) in [6.45, 7) is 4.69. The lowest BCUT2D eigenvalue weighted by Crippen LogP contribution is -2.39. The molecule has 0 unspecified atom stereocenters. The second-order valence-corrected chi connectivity index (χ2v) is 6.87. The molecule has 0 fully saturated rings. The van der Waals surface area contributed by atoms with E-state index in [1.165, 1.54) is 18.5 Å². The number of aromatic nitrogens is 2. The number of hydrogen-bond acceptors (Lipinski definition) is 5. The van der Waals surface area contributed by atoms with E-state index < -0.39 is 12.0 Å². The van der Waals surface area contributed by atoms with Crippen molar-refractivity contribution in [3.8, 4) is 0 Å². The number of carbonyl (C=O) groups excluding carboxylic acids is 1. The van der Waals surface area contributed by atoms with Crippen LogP contribution in [0.1, 0.15) is 37.9 Å². The quantitative estimate of drug-likeness (QED) is 0.546. The fraction of sp³-hybridized carbons (Fsp3) is 0.333. The maximum atomic E-state index is 12.7. The normalized spacial score (nSPS) is 12.1. The maximum absolute atomic E-state index is 12.7. The van der Waals surface area contributed by atoms with Gasteiger partial charge in [0, 0.05) is 12.6 Å². The van der Waals surface area contributed by atoms with Crippen molar-refractivity contribution in [2.75, 3.05) is 5.32 Å². The first-order valence-electron chi connectivity index (χ1n) is 9.25. The Labute approximate surface area is 164 Å². The number of amides is 1. The first-order chi connectivity index (χ1) is 13.4. The Hall–Kier alpha value is -3.22. The lowest BCUT2D eigenvalue weighted by molar-refractivity contribution is -0.131. The van der Waals surface area contributed by atoms with Crippen LogP contribution in [0.25, 0.3) is 6.08 Å². The van der Waals surface area contributed by atoms with Gasteiger partial charge < -0.3 is 15.7 Å². The monoisotopic (exact) mass is 382 g/mol. The highest BCUT2D eigenvalue weighted by Gasteiger charge is 2.19. The maximum Gasteiger partial charge on any atom is 0.328 e. The fourth-order valence-electron chi connectivity index (χ4n) is 2.51. The van der Waals surface area contributed by atoms with Gasteiger partial charge in [-0.15, -0.1) is 0 Å². The van der Waals surface area contributed by atoms with Gasteiger partial charge in [0.05, 0.1) is 18.1 Å². The third-order valence-corrected chi connectivity index (χ3v) is 4.05. The molecule has 0 saturated carbocycles. The molecule has 0 aliphatic rings. The molecule has 1 amide bonds. The largest absolute Gasteiger partial charge is 0.478 e. The van der Waals surface area contributed by atoms with Gasteiger partial charge in [-0.3, -0.25) is 9.78 Å². The van der Waals surface area contributed by atoms with Gasteiger partial charge in [0.2, 0.25) is 5.91 Å². The summed E-state index contributed by atoms with van der Waals surface area (Å²) >= 11 is 0. The molecule has 0 bridgehead atoms. The van der Waals surface area contributed by atoms with Gasteiger partial charge in [0.15, 0.2) is 0 Å². The van der Waals surface area contributed by atoms with Gasteiger partial charge in [-0.2, -0.15) is 0 Å². The minimum absolute atomic E-state index is 0.0962. The summed E-state index contributed by atoms with van der Waals surface area (Å²) in [6, 6.07) is 9.31. The Balaban J connectivity index is 2.01. The summed E-state index contributed by atoms with van der Waals surface area (Å²) in [5.41, 5.74) is 1.47. The minimum atomic E-state index is -1.05. The van der Waals surface area contributed by atoms with E-state index in [0.717, 1.165) is 18.1 Å². The molecule has 7 nitrogen and oxygen atoms in total. The number of aliphatic carboxylic acids is 1. The number of nitrogens with one attached hydrogen (secondary N) is 2. The first-order valence-corrected chi connectivity index (χ1v) is 9.25. The van der Waals surface area contributed by atoms with Gasteiger partial charge >= 0.3 is 5.97 Å². The third-order valence-electron chi connectivity index (χ3n) is 4.05. The lowest BCUT2D eigenvalue weighted by atomic mass is 10.0. The van der Waals surface area contributed by atoms with E-state index in [9.17, 15) is 9.59 Å². The molecule has 7 heteroatoms. The Morgan fingerprint density at radius 1 is 1.11 bits per heavy atom. The molecular formula is C21H26N4O3. The zero-order valence-corrected chi connectivity index (χ0v) is 16.1. The lowest BCUT2D eigenvalue weighted by Gasteiger charge is -2.20. The van der Waals surface area contributed by atoms with Crippen LogP contribution in [0.4, 0.5) is 5.82 Å². The van der Waals surface area contributed by atoms with Crippen LogP contribution in [0.15, 0.2) is 48.8 Å². The number of hydrogen-bond donors (Lipinski definition) is 3. The second kappa shape index (κ2) is 10.8. The molecule has 1 aromatic heterocycles. The molecule has 0 saturated heterocycles. The smallest absolute Gasteiger partial charge is 0.328 e. The summed E-state index contributed by atoms with van der Waals surface area (Å²) in [4.78, 5) is 31.6. The van der Waals surface area contributed by atoms with Crippen LogP contribution in [0.3, 0.4) is 0 Å². The number of rotatable bonds is 10. The second-order valence-electron chi connectivity index (χ2n) is 6.87. The van der Waals surface area contributed by atoms with Gasteiger partial charge in [0.25, 0.3) is 0 Å². The average Bonchev–Trinajstić information content (AvgIpc) is 2.69. The SMILES string of the molecule is CC(C)CC[C@@H](Nc1cnc(/C=C/C(=O)O)cn1)C(=O)NCc1ccccc1. The number of anilines is 1. The van der Waals surface area contributed by atoms with Gasteiger partial charge in [0.1, 0.15) is 11.9 Å². The standard InChI is InChI=1S/C21H26N4O3/c1-15(2)8-10-18(21(28)24-12-16-6-4-3-5-7-16)25-19-14-22-17(13-23-19)9-11-20(26)27/h3-7,9,11,13-15,18H,8,10,12H2,1-2H3,(H,23,25)(H,24,28)(H,26,27)/b11-9+/t18-/m1/s1. The number of nitrogens with zero attached hydrogens (tertiary/aromatic N) is 2. The minimum Gasteiger partial charge on any atom is -0.478 e. The molecule has 28 heavy (non-hydrogen) atoms. The summed E-state index contributed by atoms with van der Waals surface area (Å²) in [6.07, 6.45) is 6.88. The number of benzene rings is 1. The van der Waals surface area contributed by atoms with Crippen molar-refractivity contribution in [3.63, 3.8) is 0 Å².